The number of hydrogen-bond acceptors (Lipinski definition) is 4. The van der Waals surface area contributed by atoms with Gasteiger partial charge in [-0.2, -0.15) is 0 Å². The van der Waals surface area contributed by atoms with Crippen molar-refractivity contribution in [2.45, 2.75) is 25.5 Å². The number of rotatable bonds is 9. The van der Waals surface area contributed by atoms with E-state index in [0.717, 1.165) is 23.4 Å². The Hall–Kier alpha value is -1.40. The van der Waals surface area contributed by atoms with E-state index in [1.165, 1.54) is 11.3 Å². The molecule has 1 aromatic heterocycles. The molecule has 0 saturated carbocycles. The van der Waals surface area contributed by atoms with Crippen LogP contribution in [-0.2, 0) is 11.3 Å². The second-order valence-electron chi connectivity index (χ2n) is 5.50. The standard InChI is InChI=1S/C18H24N2O2S.ClH/c1-19-11-5-10-18(22)20(13-15-7-3-2-4-8-15)14-16(21)17-9-6-12-23-17;/h2-4,6-9,12,16,19,21H,5,10-11,13-14H2,1H3;1H. The largest absolute Gasteiger partial charge is 0.386 e. The number of aliphatic hydroxyl groups is 1. The molecule has 2 N–H and O–H groups in total. The summed E-state index contributed by atoms with van der Waals surface area (Å²) in [5.41, 5.74) is 1.08. The van der Waals surface area contributed by atoms with Crippen LogP contribution in [0, 0.1) is 0 Å². The highest BCUT2D eigenvalue weighted by Crippen LogP contribution is 2.21. The highest BCUT2D eigenvalue weighted by molar-refractivity contribution is 7.10. The number of amides is 1. The first-order valence-corrected chi connectivity index (χ1v) is 8.76. The van der Waals surface area contributed by atoms with Crippen molar-refractivity contribution in [3.63, 3.8) is 0 Å². The fraction of sp³-hybridized carbons (Fsp3) is 0.389. The lowest BCUT2D eigenvalue weighted by molar-refractivity contribution is -0.133. The number of aliphatic hydroxyl groups excluding tert-OH is 1. The predicted octanol–water partition coefficient (Wildman–Crippen LogP) is 3.23. The van der Waals surface area contributed by atoms with E-state index in [1.807, 2.05) is 54.9 Å². The molecule has 24 heavy (non-hydrogen) atoms. The van der Waals surface area contributed by atoms with Crippen molar-refractivity contribution in [2.75, 3.05) is 20.1 Å². The number of thiophene rings is 1. The third kappa shape index (κ3) is 6.61. The quantitative estimate of drug-likeness (QED) is 0.668. The summed E-state index contributed by atoms with van der Waals surface area (Å²) in [6.07, 6.45) is 0.660. The molecule has 1 atom stereocenters. The Labute approximate surface area is 153 Å². The van der Waals surface area contributed by atoms with Crippen LogP contribution >= 0.6 is 23.7 Å². The van der Waals surface area contributed by atoms with Crippen molar-refractivity contribution < 1.29 is 9.90 Å². The van der Waals surface area contributed by atoms with Gasteiger partial charge in [-0.25, -0.2) is 0 Å². The summed E-state index contributed by atoms with van der Waals surface area (Å²) in [6.45, 7) is 1.67. The van der Waals surface area contributed by atoms with Crippen LogP contribution in [0.1, 0.15) is 29.4 Å². The Morgan fingerprint density at radius 2 is 2.00 bits per heavy atom. The number of benzene rings is 1. The molecule has 0 radical (unpaired) electrons. The van der Waals surface area contributed by atoms with Crippen LogP contribution in [0.5, 0.6) is 0 Å². The van der Waals surface area contributed by atoms with Gasteiger partial charge in [0.05, 0.1) is 6.54 Å². The molecule has 1 amide bonds. The molecule has 4 nitrogen and oxygen atoms in total. The fourth-order valence-electron chi connectivity index (χ4n) is 2.41. The molecule has 1 unspecified atom stereocenters. The fourth-order valence-corrected chi connectivity index (χ4v) is 3.12. The molecular formula is C18H25ClN2O2S. The van der Waals surface area contributed by atoms with Crippen molar-refractivity contribution in [1.82, 2.24) is 10.2 Å². The third-order valence-electron chi connectivity index (χ3n) is 3.65. The lowest BCUT2D eigenvalue weighted by atomic mass is 10.1. The molecule has 2 rings (SSSR count). The van der Waals surface area contributed by atoms with Crippen LogP contribution in [0.4, 0.5) is 0 Å². The molecule has 0 aliphatic heterocycles. The van der Waals surface area contributed by atoms with E-state index < -0.39 is 6.10 Å². The lowest BCUT2D eigenvalue weighted by Crippen LogP contribution is -2.34. The second-order valence-corrected chi connectivity index (χ2v) is 6.48. The Morgan fingerprint density at radius 1 is 1.25 bits per heavy atom. The van der Waals surface area contributed by atoms with Crippen molar-refractivity contribution >= 4 is 29.7 Å². The monoisotopic (exact) mass is 368 g/mol. The number of carbonyl (C=O) groups excluding carboxylic acids is 1. The summed E-state index contributed by atoms with van der Waals surface area (Å²) in [6, 6.07) is 13.7. The van der Waals surface area contributed by atoms with E-state index in [9.17, 15) is 9.90 Å². The summed E-state index contributed by atoms with van der Waals surface area (Å²) in [5.74, 6) is 0.0831. The smallest absolute Gasteiger partial charge is 0.223 e. The van der Waals surface area contributed by atoms with Crippen molar-refractivity contribution in [1.29, 1.82) is 0 Å². The van der Waals surface area contributed by atoms with E-state index in [2.05, 4.69) is 5.32 Å². The minimum absolute atomic E-state index is 0. The third-order valence-corrected chi connectivity index (χ3v) is 4.62. The van der Waals surface area contributed by atoms with Gasteiger partial charge in [0, 0.05) is 17.8 Å². The van der Waals surface area contributed by atoms with Gasteiger partial charge >= 0.3 is 0 Å². The maximum atomic E-state index is 12.5. The highest BCUT2D eigenvalue weighted by atomic mass is 35.5. The summed E-state index contributed by atoms with van der Waals surface area (Å²) < 4.78 is 0. The number of nitrogens with zero attached hydrogens (tertiary/aromatic N) is 1. The summed E-state index contributed by atoms with van der Waals surface area (Å²) in [7, 11) is 1.88. The molecule has 0 bridgehead atoms. The molecule has 0 aliphatic carbocycles. The number of hydrogen-bond donors (Lipinski definition) is 2. The molecular weight excluding hydrogens is 344 g/mol. The average molecular weight is 369 g/mol. The van der Waals surface area contributed by atoms with Crippen LogP contribution in [0.2, 0.25) is 0 Å². The number of carbonyl (C=O) groups is 1. The SMILES string of the molecule is CNCCCC(=O)N(Cc1ccccc1)CC(O)c1cccs1.Cl. The highest BCUT2D eigenvalue weighted by Gasteiger charge is 2.19. The summed E-state index contributed by atoms with van der Waals surface area (Å²) in [4.78, 5) is 15.2. The number of nitrogens with one attached hydrogen (secondary N) is 1. The topological polar surface area (TPSA) is 52.6 Å². The Balaban J connectivity index is 0.00000288. The molecule has 0 aliphatic rings. The molecule has 2 aromatic rings. The van der Waals surface area contributed by atoms with Gasteiger partial charge in [0.1, 0.15) is 6.10 Å². The predicted molar refractivity (Wildman–Crippen MR) is 102 cm³/mol. The van der Waals surface area contributed by atoms with Crippen molar-refractivity contribution in [2.24, 2.45) is 0 Å². The van der Waals surface area contributed by atoms with E-state index >= 15 is 0 Å². The zero-order valence-corrected chi connectivity index (χ0v) is 15.5. The van der Waals surface area contributed by atoms with E-state index in [0.29, 0.717) is 19.5 Å². The van der Waals surface area contributed by atoms with Crippen LogP contribution in [0.25, 0.3) is 0 Å². The molecule has 0 spiro atoms. The van der Waals surface area contributed by atoms with Gasteiger partial charge in [0.2, 0.25) is 5.91 Å². The zero-order chi connectivity index (χ0) is 16.5. The molecule has 1 heterocycles. The van der Waals surface area contributed by atoms with Gasteiger partial charge in [-0.05, 0) is 37.0 Å². The lowest BCUT2D eigenvalue weighted by Gasteiger charge is -2.25. The van der Waals surface area contributed by atoms with E-state index in [1.54, 1.807) is 4.90 Å². The van der Waals surface area contributed by atoms with Crippen molar-refractivity contribution in [3.8, 4) is 0 Å². The maximum absolute atomic E-state index is 12.5. The Bertz CT molecular complexity index is 578. The second kappa shape index (κ2) is 11.2. The Kier molecular flexibility index (Phi) is 9.64. The minimum atomic E-state index is -0.632. The first-order valence-electron chi connectivity index (χ1n) is 7.88. The van der Waals surface area contributed by atoms with Gasteiger partial charge in [0.15, 0.2) is 0 Å². The Morgan fingerprint density at radius 3 is 2.62 bits per heavy atom. The first-order chi connectivity index (χ1) is 11.2. The van der Waals surface area contributed by atoms with Crippen LogP contribution in [0.15, 0.2) is 47.8 Å². The first kappa shape index (κ1) is 20.6. The minimum Gasteiger partial charge on any atom is -0.386 e. The molecule has 0 saturated heterocycles. The molecule has 132 valence electrons. The molecule has 1 aromatic carbocycles. The molecule has 0 fully saturated rings. The summed E-state index contributed by atoms with van der Waals surface area (Å²) >= 11 is 1.51. The van der Waals surface area contributed by atoms with Gasteiger partial charge < -0.3 is 15.3 Å². The van der Waals surface area contributed by atoms with Crippen molar-refractivity contribution in [3.05, 3.63) is 58.3 Å². The average Bonchev–Trinajstić information content (AvgIpc) is 3.10. The van der Waals surface area contributed by atoms with Gasteiger partial charge in [0.25, 0.3) is 0 Å². The van der Waals surface area contributed by atoms with Gasteiger partial charge in [-0.1, -0.05) is 36.4 Å². The van der Waals surface area contributed by atoms with Crippen LogP contribution < -0.4 is 5.32 Å². The maximum Gasteiger partial charge on any atom is 0.223 e. The van der Waals surface area contributed by atoms with E-state index in [4.69, 9.17) is 0 Å². The zero-order valence-electron chi connectivity index (χ0n) is 13.9. The van der Waals surface area contributed by atoms with E-state index in [-0.39, 0.29) is 18.3 Å². The number of halogens is 1. The van der Waals surface area contributed by atoms with Crippen LogP contribution in [0.3, 0.4) is 0 Å². The summed E-state index contributed by atoms with van der Waals surface area (Å²) in [5, 5.41) is 15.4. The van der Waals surface area contributed by atoms with Gasteiger partial charge in [-0.3, -0.25) is 4.79 Å². The van der Waals surface area contributed by atoms with Gasteiger partial charge in [-0.15, -0.1) is 23.7 Å². The molecule has 6 heteroatoms. The normalized spacial score (nSPS) is 11.6. The van der Waals surface area contributed by atoms with Crippen LogP contribution in [-0.4, -0.2) is 36.1 Å².